The summed E-state index contributed by atoms with van der Waals surface area (Å²) >= 11 is 0. The summed E-state index contributed by atoms with van der Waals surface area (Å²) in [5.41, 5.74) is 2.63. The number of hydrogen-bond acceptors (Lipinski definition) is 4. The van der Waals surface area contributed by atoms with Crippen LogP contribution in [0.25, 0.3) is 0 Å². The van der Waals surface area contributed by atoms with Gasteiger partial charge in [0.25, 0.3) is 0 Å². The molecule has 1 N–H and O–H groups in total. The van der Waals surface area contributed by atoms with Crippen LogP contribution in [0.2, 0.25) is 0 Å². The van der Waals surface area contributed by atoms with E-state index in [0.717, 1.165) is 24.7 Å². The summed E-state index contributed by atoms with van der Waals surface area (Å²) in [7, 11) is 0. The average molecular weight is 390 g/mol. The average Bonchev–Trinajstić information content (AvgIpc) is 2.73. The van der Waals surface area contributed by atoms with Crippen molar-refractivity contribution in [1.29, 1.82) is 5.26 Å². The van der Waals surface area contributed by atoms with Crippen LogP contribution >= 0.6 is 0 Å². The van der Waals surface area contributed by atoms with Crippen LogP contribution < -0.4 is 15.1 Å². The maximum atomic E-state index is 12.5. The predicted molar refractivity (Wildman–Crippen MR) is 115 cm³/mol. The van der Waals surface area contributed by atoms with Gasteiger partial charge in [-0.15, -0.1) is 0 Å². The molecule has 1 saturated heterocycles. The summed E-state index contributed by atoms with van der Waals surface area (Å²) in [5.74, 6) is 0.171. The van der Waals surface area contributed by atoms with Gasteiger partial charge in [-0.2, -0.15) is 5.26 Å². The van der Waals surface area contributed by atoms with Gasteiger partial charge in [0.15, 0.2) is 0 Å². The number of amides is 2. The highest BCUT2D eigenvalue weighted by Gasteiger charge is 2.19. The molecule has 2 amide bonds. The van der Waals surface area contributed by atoms with Crippen molar-refractivity contribution in [1.82, 2.24) is 0 Å². The maximum absolute atomic E-state index is 12.5. The second-order valence-corrected chi connectivity index (χ2v) is 7.50. The number of nitriles is 1. The first kappa shape index (κ1) is 20.4. The first-order chi connectivity index (χ1) is 14.0. The summed E-state index contributed by atoms with van der Waals surface area (Å²) in [6, 6.07) is 16.6. The summed E-state index contributed by atoms with van der Waals surface area (Å²) < 4.78 is 0. The molecule has 2 aromatic carbocycles. The molecule has 6 nitrogen and oxygen atoms in total. The number of rotatable bonds is 5. The van der Waals surface area contributed by atoms with E-state index in [1.807, 2.05) is 24.3 Å². The van der Waals surface area contributed by atoms with Crippen molar-refractivity contribution in [3.63, 3.8) is 0 Å². The zero-order valence-electron chi connectivity index (χ0n) is 16.9. The quantitative estimate of drug-likeness (QED) is 0.843. The fourth-order valence-corrected chi connectivity index (χ4v) is 3.54. The molecule has 6 heteroatoms. The van der Waals surface area contributed by atoms with Crippen molar-refractivity contribution in [2.45, 2.75) is 26.7 Å². The third-order valence-electron chi connectivity index (χ3n) is 5.30. The van der Waals surface area contributed by atoms with Gasteiger partial charge in [0.2, 0.25) is 11.8 Å². The van der Waals surface area contributed by atoms with Gasteiger partial charge < -0.3 is 15.1 Å². The van der Waals surface area contributed by atoms with E-state index in [1.54, 1.807) is 24.3 Å². The Morgan fingerprint density at radius 1 is 1.14 bits per heavy atom. The Morgan fingerprint density at radius 2 is 1.79 bits per heavy atom. The standard InChI is InChI=1S/C23H26N4O2/c1-17-11-13-26(14-12-17)21-9-7-20(8-10-21)25-23(29)16-27(18(2)28)22-6-4-3-5-19(22)15-24/h3-10,17H,11-14,16H2,1-2H3,(H,25,29). The van der Waals surface area contributed by atoms with Gasteiger partial charge >= 0.3 is 0 Å². The molecular formula is C23H26N4O2. The molecule has 1 fully saturated rings. The Bertz CT molecular complexity index is 909. The second kappa shape index (κ2) is 9.24. The number of hydrogen-bond donors (Lipinski definition) is 1. The Kier molecular flexibility index (Phi) is 6.50. The van der Waals surface area contributed by atoms with Crippen LogP contribution in [0.1, 0.15) is 32.3 Å². The highest BCUT2D eigenvalue weighted by molar-refractivity contribution is 6.02. The molecule has 1 aliphatic rings. The minimum atomic E-state index is -0.313. The van der Waals surface area contributed by atoms with E-state index in [2.05, 4.69) is 23.2 Å². The third-order valence-corrected chi connectivity index (χ3v) is 5.30. The van der Waals surface area contributed by atoms with Gasteiger partial charge in [-0.3, -0.25) is 9.59 Å². The summed E-state index contributed by atoms with van der Waals surface area (Å²) in [5, 5.41) is 12.1. The van der Waals surface area contributed by atoms with Gasteiger partial charge in [0.05, 0.1) is 11.3 Å². The SMILES string of the molecule is CC(=O)N(CC(=O)Nc1ccc(N2CCC(C)CC2)cc1)c1ccccc1C#N. The van der Waals surface area contributed by atoms with Crippen LogP contribution in [0, 0.1) is 17.2 Å². The lowest BCUT2D eigenvalue weighted by molar-refractivity contribution is -0.120. The zero-order chi connectivity index (χ0) is 20.8. The van der Waals surface area contributed by atoms with E-state index in [1.165, 1.54) is 24.7 Å². The summed E-state index contributed by atoms with van der Waals surface area (Å²) in [6.07, 6.45) is 2.40. The lowest BCUT2D eigenvalue weighted by atomic mass is 9.99. The molecule has 2 aromatic rings. The van der Waals surface area contributed by atoms with Gasteiger partial charge in [-0.05, 0) is 55.2 Å². The van der Waals surface area contributed by atoms with E-state index in [4.69, 9.17) is 0 Å². The fourth-order valence-electron chi connectivity index (χ4n) is 3.54. The normalized spacial score (nSPS) is 14.2. The van der Waals surface area contributed by atoms with E-state index < -0.39 is 0 Å². The molecule has 0 spiro atoms. The van der Waals surface area contributed by atoms with Crippen molar-refractivity contribution in [2.75, 3.05) is 34.8 Å². The van der Waals surface area contributed by atoms with Crippen LogP contribution in [0.4, 0.5) is 17.1 Å². The molecule has 0 unspecified atom stereocenters. The van der Waals surface area contributed by atoms with Crippen molar-refractivity contribution in [3.8, 4) is 6.07 Å². The molecule has 0 radical (unpaired) electrons. The van der Waals surface area contributed by atoms with Crippen molar-refractivity contribution < 1.29 is 9.59 Å². The molecule has 0 bridgehead atoms. The Balaban J connectivity index is 1.65. The monoisotopic (exact) mass is 390 g/mol. The maximum Gasteiger partial charge on any atom is 0.244 e. The van der Waals surface area contributed by atoms with E-state index in [-0.39, 0.29) is 18.4 Å². The zero-order valence-corrected chi connectivity index (χ0v) is 16.9. The lowest BCUT2D eigenvalue weighted by Crippen LogP contribution is -2.37. The number of para-hydroxylation sites is 1. The molecule has 0 saturated carbocycles. The third kappa shape index (κ3) is 5.14. The number of carbonyl (C=O) groups is 2. The smallest absolute Gasteiger partial charge is 0.244 e. The largest absolute Gasteiger partial charge is 0.372 e. The first-order valence-electron chi connectivity index (χ1n) is 9.90. The first-order valence-corrected chi connectivity index (χ1v) is 9.90. The molecule has 150 valence electrons. The van der Waals surface area contributed by atoms with Crippen LogP contribution in [-0.2, 0) is 9.59 Å². The van der Waals surface area contributed by atoms with E-state index in [0.29, 0.717) is 16.9 Å². The minimum Gasteiger partial charge on any atom is -0.372 e. The number of nitrogens with one attached hydrogen (secondary N) is 1. The highest BCUT2D eigenvalue weighted by Crippen LogP contribution is 2.24. The van der Waals surface area contributed by atoms with Gasteiger partial charge in [-0.25, -0.2) is 0 Å². The summed E-state index contributed by atoms with van der Waals surface area (Å²) in [4.78, 5) is 28.3. The van der Waals surface area contributed by atoms with Gasteiger partial charge in [-0.1, -0.05) is 19.1 Å². The molecular weight excluding hydrogens is 364 g/mol. The molecule has 1 heterocycles. The van der Waals surface area contributed by atoms with Crippen molar-refractivity contribution >= 4 is 28.9 Å². The fraction of sp³-hybridized carbons (Fsp3) is 0.348. The molecule has 1 aliphatic heterocycles. The lowest BCUT2D eigenvalue weighted by Gasteiger charge is -2.32. The predicted octanol–water partition coefficient (Wildman–Crippen LogP) is 3.79. The summed E-state index contributed by atoms with van der Waals surface area (Å²) in [6.45, 7) is 5.63. The van der Waals surface area contributed by atoms with E-state index >= 15 is 0 Å². The molecule has 0 aliphatic carbocycles. The Morgan fingerprint density at radius 3 is 2.41 bits per heavy atom. The number of nitrogens with zero attached hydrogens (tertiary/aromatic N) is 3. The number of piperidine rings is 1. The van der Waals surface area contributed by atoms with Crippen LogP contribution in [0.3, 0.4) is 0 Å². The van der Waals surface area contributed by atoms with Gasteiger partial charge in [0, 0.05) is 31.4 Å². The highest BCUT2D eigenvalue weighted by atomic mass is 16.2. The van der Waals surface area contributed by atoms with Crippen molar-refractivity contribution in [3.05, 3.63) is 54.1 Å². The number of anilines is 3. The Hall–Kier alpha value is -3.33. The molecule has 0 aromatic heterocycles. The molecule has 29 heavy (non-hydrogen) atoms. The van der Waals surface area contributed by atoms with Crippen LogP contribution in [-0.4, -0.2) is 31.4 Å². The molecule has 0 atom stereocenters. The van der Waals surface area contributed by atoms with Crippen LogP contribution in [0.5, 0.6) is 0 Å². The van der Waals surface area contributed by atoms with Gasteiger partial charge in [0.1, 0.15) is 12.6 Å². The number of benzene rings is 2. The van der Waals surface area contributed by atoms with Crippen LogP contribution in [0.15, 0.2) is 48.5 Å². The second-order valence-electron chi connectivity index (χ2n) is 7.50. The number of carbonyl (C=O) groups excluding carboxylic acids is 2. The molecule has 3 rings (SSSR count). The topological polar surface area (TPSA) is 76.4 Å². The van der Waals surface area contributed by atoms with Crippen molar-refractivity contribution in [2.24, 2.45) is 5.92 Å². The minimum absolute atomic E-state index is 0.153. The Labute approximate surface area is 171 Å². The van der Waals surface area contributed by atoms with E-state index in [9.17, 15) is 14.9 Å².